The average molecular weight is 394 g/mol. The molecule has 24 heavy (non-hydrogen) atoms. The van der Waals surface area contributed by atoms with Crippen LogP contribution in [0.3, 0.4) is 0 Å². The molecular formula is C18H24BrN3O2. The van der Waals surface area contributed by atoms with Gasteiger partial charge in [-0.3, -0.25) is 9.59 Å². The number of anilines is 1. The molecule has 2 amide bonds. The minimum atomic E-state index is -0.548. The van der Waals surface area contributed by atoms with E-state index in [1.165, 1.54) is 0 Å². The second kappa shape index (κ2) is 7.66. The molecule has 6 heteroatoms. The lowest BCUT2D eigenvalue weighted by Gasteiger charge is -2.31. The second-order valence-electron chi connectivity index (χ2n) is 6.53. The van der Waals surface area contributed by atoms with Gasteiger partial charge in [-0.25, -0.2) is 0 Å². The number of likely N-dealkylation sites (tertiary alicyclic amines) is 1. The van der Waals surface area contributed by atoms with Crippen LogP contribution in [0, 0.1) is 5.92 Å². The normalized spacial score (nSPS) is 22.8. The van der Waals surface area contributed by atoms with Gasteiger partial charge >= 0.3 is 0 Å². The third kappa shape index (κ3) is 3.81. The first-order valence-corrected chi connectivity index (χ1v) is 9.47. The molecule has 0 spiro atoms. The second-order valence-corrected chi connectivity index (χ2v) is 7.44. The first-order valence-electron chi connectivity index (χ1n) is 8.68. The Bertz CT molecular complexity index is 614. The van der Waals surface area contributed by atoms with Gasteiger partial charge in [0.2, 0.25) is 11.8 Å². The summed E-state index contributed by atoms with van der Waals surface area (Å²) in [5, 5.41) is 3.10. The van der Waals surface area contributed by atoms with Crippen LogP contribution in [0.5, 0.6) is 0 Å². The zero-order valence-corrected chi connectivity index (χ0v) is 15.6. The van der Waals surface area contributed by atoms with Crippen LogP contribution in [0.2, 0.25) is 0 Å². The zero-order chi connectivity index (χ0) is 17.1. The Labute approximate surface area is 151 Å². The summed E-state index contributed by atoms with van der Waals surface area (Å²) in [6.07, 6.45) is 2.52. The quantitative estimate of drug-likeness (QED) is 0.799. The fraction of sp³-hybridized carbons (Fsp3) is 0.556. The molecule has 0 radical (unpaired) electrons. The van der Waals surface area contributed by atoms with Crippen LogP contribution in [-0.2, 0) is 9.59 Å². The minimum Gasteiger partial charge on any atom is -0.353 e. The fourth-order valence-electron chi connectivity index (χ4n) is 3.52. The van der Waals surface area contributed by atoms with Crippen molar-refractivity contribution in [1.82, 2.24) is 10.2 Å². The van der Waals surface area contributed by atoms with Crippen molar-refractivity contribution >= 4 is 33.4 Å². The summed E-state index contributed by atoms with van der Waals surface area (Å²) in [5.74, 6) is -0.739. The molecule has 0 aliphatic carbocycles. The predicted molar refractivity (Wildman–Crippen MR) is 97.9 cm³/mol. The van der Waals surface area contributed by atoms with Crippen molar-refractivity contribution in [3.05, 3.63) is 28.7 Å². The highest BCUT2D eigenvalue weighted by Gasteiger charge is 2.38. The van der Waals surface area contributed by atoms with Crippen molar-refractivity contribution in [2.24, 2.45) is 5.92 Å². The van der Waals surface area contributed by atoms with Crippen molar-refractivity contribution in [1.29, 1.82) is 0 Å². The molecule has 2 fully saturated rings. The van der Waals surface area contributed by atoms with Crippen LogP contribution in [0.15, 0.2) is 28.7 Å². The van der Waals surface area contributed by atoms with Gasteiger partial charge in [0.15, 0.2) is 0 Å². The third-order valence-corrected chi connectivity index (χ3v) is 5.52. The van der Waals surface area contributed by atoms with Crippen LogP contribution in [0.1, 0.15) is 26.2 Å². The summed E-state index contributed by atoms with van der Waals surface area (Å²) >= 11 is 3.43. The van der Waals surface area contributed by atoms with Crippen molar-refractivity contribution in [2.75, 3.05) is 31.1 Å². The Kier molecular flexibility index (Phi) is 5.56. The first kappa shape index (κ1) is 17.4. The Morgan fingerprint density at radius 2 is 2.00 bits per heavy atom. The van der Waals surface area contributed by atoms with E-state index in [0.717, 1.165) is 42.6 Å². The predicted octanol–water partition coefficient (Wildman–Crippen LogP) is 2.40. The fourth-order valence-corrected chi connectivity index (χ4v) is 3.91. The van der Waals surface area contributed by atoms with Gasteiger partial charge < -0.3 is 15.1 Å². The number of amides is 2. The molecule has 2 saturated heterocycles. The number of halogens is 1. The van der Waals surface area contributed by atoms with Crippen LogP contribution in [0.25, 0.3) is 0 Å². The summed E-state index contributed by atoms with van der Waals surface area (Å²) in [6, 6.07) is 7.86. The van der Waals surface area contributed by atoms with Crippen LogP contribution < -0.4 is 10.2 Å². The van der Waals surface area contributed by atoms with Crippen LogP contribution >= 0.6 is 15.9 Å². The monoisotopic (exact) mass is 393 g/mol. The average Bonchev–Trinajstić information content (AvgIpc) is 2.97. The summed E-state index contributed by atoms with van der Waals surface area (Å²) in [6.45, 7) is 5.85. The third-order valence-electron chi connectivity index (χ3n) is 5.02. The largest absolute Gasteiger partial charge is 0.353 e. The van der Waals surface area contributed by atoms with E-state index in [9.17, 15) is 9.59 Å². The lowest BCUT2D eigenvalue weighted by molar-refractivity contribution is -0.132. The first-order chi connectivity index (χ1) is 11.6. The van der Waals surface area contributed by atoms with Crippen LogP contribution in [-0.4, -0.2) is 48.9 Å². The molecule has 1 aromatic carbocycles. The SMILES string of the molecule is CCN1CCC(NC(=O)C2CCN(c3cccc(Br)c3)C2=O)CC1. The Morgan fingerprint density at radius 1 is 1.25 bits per heavy atom. The Morgan fingerprint density at radius 3 is 2.67 bits per heavy atom. The molecule has 2 heterocycles. The zero-order valence-electron chi connectivity index (χ0n) is 14.0. The molecule has 3 rings (SSSR count). The van der Waals surface area contributed by atoms with Gasteiger partial charge in [-0.1, -0.05) is 28.9 Å². The number of nitrogens with one attached hydrogen (secondary N) is 1. The van der Waals surface area contributed by atoms with Crippen molar-refractivity contribution in [2.45, 2.75) is 32.2 Å². The molecule has 2 aliphatic rings. The summed E-state index contributed by atoms with van der Waals surface area (Å²) in [5.41, 5.74) is 0.848. The van der Waals surface area contributed by atoms with Gasteiger partial charge in [-0.2, -0.15) is 0 Å². The van der Waals surface area contributed by atoms with Gasteiger partial charge in [0.05, 0.1) is 0 Å². The standard InChI is InChI=1S/C18H24BrN3O2/c1-2-21-9-6-14(7-10-21)20-17(23)16-8-11-22(18(16)24)15-5-3-4-13(19)12-15/h3-5,12,14,16H,2,6-11H2,1H3,(H,20,23). The van der Waals surface area contributed by atoms with Crippen LogP contribution in [0.4, 0.5) is 5.69 Å². The topological polar surface area (TPSA) is 52.7 Å². The number of hydrogen-bond donors (Lipinski definition) is 1. The van der Waals surface area contributed by atoms with E-state index in [2.05, 4.69) is 33.1 Å². The van der Waals surface area contributed by atoms with Crippen molar-refractivity contribution in [3.63, 3.8) is 0 Å². The number of hydrogen-bond acceptors (Lipinski definition) is 3. The number of benzene rings is 1. The molecular weight excluding hydrogens is 370 g/mol. The van der Waals surface area contributed by atoms with E-state index in [1.54, 1.807) is 4.90 Å². The smallest absolute Gasteiger partial charge is 0.239 e. The van der Waals surface area contributed by atoms with E-state index >= 15 is 0 Å². The van der Waals surface area contributed by atoms with Gasteiger partial charge in [0, 0.05) is 35.8 Å². The molecule has 1 aromatic rings. The molecule has 0 aromatic heterocycles. The highest BCUT2D eigenvalue weighted by molar-refractivity contribution is 9.10. The van der Waals surface area contributed by atoms with E-state index in [4.69, 9.17) is 0 Å². The van der Waals surface area contributed by atoms with Gasteiger partial charge in [0.25, 0.3) is 0 Å². The summed E-state index contributed by atoms with van der Waals surface area (Å²) < 4.78 is 0.934. The highest BCUT2D eigenvalue weighted by atomic mass is 79.9. The molecule has 1 atom stereocenters. The number of carbonyl (C=O) groups is 2. The lowest BCUT2D eigenvalue weighted by Crippen LogP contribution is -2.47. The summed E-state index contributed by atoms with van der Waals surface area (Å²) in [4.78, 5) is 29.3. The van der Waals surface area contributed by atoms with Crippen molar-refractivity contribution < 1.29 is 9.59 Å². The molecule has 130 valence electrons. The van der Waals surface area contributed by atoms with Crippen molar-refractivity contribution in [3.8, 4) is 0 Å². The maximum Gasteiger partial charge on any atom is 0.239 e. The molecule has 5 nitrogen and oxygen atoms in total. The van der Waals surface area contributed by atoms with E-state index < -0.39 is 5.92 Å². The van der Waals surface area contributed by atoms with E-state index in [1.807, 2.05) is 24.3 Å². The maximum atomic E-state index is 12.6. The molecule has 0 bridgehead atoms. The summed E-state index contributed by atoms with van der Waals surface area (Å²) in [7, 11) is 0. The number of nitrogens with zero attached hydrogens (tertiary/aromatic N) is 2. The number of carbonyl (C=O) groups excluding carboxylic acids is 2. The van der Waals surface area contributed by atoms with Gasteiger partial charge in [-0.15, -0.1) is 0 Å². The highest BCUT2D eigenvalue weighted by Crippen LogP contribution is 2.27. The molecule has 1 N–H and O–H groups in total. The van der Waals surface area contributed by atoms with Gasteiger partial charge in [0.1, 0.15) is 5.92 Å². The molecule has 2 aliphatic heterocycles. The van der Waals surface area contributed by atoms with E-state index in [0.29, 0.717) is 13.0 Å². The Hall–Kier alpha value is -1.40. The number of rotatable bonds is 4. The molecule has 0 saturated carbocycles. The van der Waals surface area contributed by atoms with Gasteiger partial charge in [-0.05, 0) is 44.0 Å². The van der Waals surface area contributed by atoms with E-state index in [-0.39, 0.29) is 17.9 Å². The maximum absolute atomic E-state index is 12.6. The number of piperidine rings is 1. The minimum absolute atomic E-state index is 0.0865. The lowest BCUT2D eigenvalue weighted by atomic mass is 10.0. The molecule has 1 unspecified atom stereocenters. The Balaban J connectivity index is 1.58.